The number of aryl methyl sites for hydroxylation is 1. The van der Waals surface area contributed by atoms with E-state index in [1.807, 2.05) is 53.6 Å². The Hall–Kier alpha value is -2.67. The van der Waals surface area contributed by atoms with Gasteiger partial charge in [-0.2, -0.15) is 0 Å². The summed E-state index contributed by atoms with van der Waals surface area (Å²) in [6.45, 7) is 3.10. The molecule has 0 radical (unpaired) electrons. The monoisotopic (exact) mass is 383 g/mol. The number of carbonyl (C=O) groups is 2. The van der Waals surface area contributed by atoms with Gasteiger partial charge in [0, 0.05) is 18.7 Å². The summed E-state index contributed by atoms with van der Waals surface area (Å²) in [5.41, 5.74) is 1.50. The minimum Gasteiger partial charge on any atom is -0.386 e. The van der Waals surface area contributed by atoms with E-state index in [2.05, 4.69) is 10.5 Å². The number of piperidine rings is 1. The van der Waals surface area contributed by atoms with Crippen LogP contribution >= 0.6 is 11.3 Å². The van der Waals surface area contributed by atoms with Gasteiger partial charge in [-0.05, 0) is 48.9 Å². The van der Waals surface area contributed by atoms with E-state index in [0.717, 1.165) is 29.0 Å². The number of hydrogen-bond donors (Lipinski definition) is 1. The Morgan fingerprint density at radius 1 is 1.26 bits per heavy atom. The summed E-state index contributed by atoms with van der Waals surface area (Å²) in [5, 5.41) is 8.83. The second-order valence-electron chi connectivity index (χ2n) is 7.07. The highest BCUT2D eigenvalue weighted by atomic mass is 32.1. The number of anilines is 1. The van der Waals surface area contributed by atoms with Gasteiger partial charge < -0.3 is 15.1 Å². The molecule has 2 aromatic rings. The van der Waals surface area contributed by atoms with Crippen molar-refractivity contribution in [1.29, 1.82) is 0 Å². The molecule has 2 aliphatic rings. The molecule has 1 aromatic carbocycles. The zero-order chi connectivity index (χ0) is 18.9. The summed E-state index contributed by atoms with van der Waals surface area (Å²) in [7, 11) is 0. The molecule has 2 aliphatic heterocycles. The fraction of sp³-hybridized carbons (Fsp3) is 0.350. The Morgan fingerprint density at radius 3 is 2.81 bits per heavy atom. The number of carbonyl (C=O) groups excluding carboxylic acids is 2. The van der Waals surface area contributed by atoms with Crippen LogP contribution in [0.2, 0.25) is 0 Å². The number of likely N-dealkylation sites (tertiary alicyclic amines) is 1. The van der Waals surface area contributed by atoms with Gasteiger partial charge in [0.2, 0.25) is 0 Å². The van der Waals surface area contributed by atoms with Crippen molar-refractivity contribution >= 4 is 34.6 Å². The van der Waals surface area contributed by atoms with Gasteiger partial charge in [-0.1, -0.05) is 23.4 Å². The van der Waals surface area contributed by atoms with Crippen molar-refractivity contribution in [3.8, 4) is 0 Å². The molecule has 1 spiro atoms. The predicted molar refractivity (Wildman–Crippen MR) is 105 cm³/mol. The topological polar surface area (TPSA) is 71.0 Å². The van der Waals surface area contributed by atoms with Crippen LogP contribution in [0.15, 0.2) is 46.9 Å². The molecule has 4 rings (SSSR count). The maximum atomic E-state index is 12.8. The second kappa shape index (κ2) is 7.15. The van der Waals surface area contributed by atoms with Crippen LogP contribution in [0.5, 0.6) is 0 Å². The van der Waals surface area contributed by atoms with E-state index in [1.54, 1.807) is 0 Å². The first-order valence-electron chi connectivity index (χ1n) is 9.01. The molecule has 1 fully saturated rings. The number of nitrogens with zero attached hydrogens (tertiary/aromatic N) is 2. The fourth-order valence-corrected chi connectivity index (χ4v) is 4.49. The highest BCUT2D eigenvalue weighted by molar-refractivity contribution is 7.12. The van der Waals surface area contributed by atoms with E-state index >= 15 is 0 Å². The third kappa shape index (κ3) is 3.60. The van der Waals surface area contributed by atoms with Gasteiger partial charge in [0.25, 0.3) is 11.8 Å². The maximum absolute atomic E-state index is 12.8. The Labute approximate surface area is 161 Å². The number of oxime groups is 1. The van der Waals surface area contributed by atoms with Crippen molar-refractivity contribution in [2.24, 2.45) is 5.16 Å². The van der Waals surface area contributed by atoms with Crippen LogP contribution in [0.25, 0.3) is 0 Å². The molecule has 3 heterocycles. The summed E-state index contributed by atoms with van der Waals surface area (Å²) < 4.78 is 0. The maximum Gasteiger partial charge on any atom is 0.273 e. The first-order chi connectivity index (χ1) is 13.1. The summed E-state index contributed by atoms with van der Waals surface area (Å²) >= 11 is 1.46. The van der Waals surface area contributed by atoms with Crippen LogP contribution in [0.1, 0.15) is 34.5 Å². The smallest absolute Gasteiger partial charge is 0.273 e. The summed E-state index contributed by atoms with van der Waals surface area (Å²) in [6.07, 6.45) is 2.03. The Kier molecular flexibility index (Phi) is 4.70. The van der Waals surface area contributed by atoms with Crippen LogP contribution in [0.4, 0.5) is 5.69 Å². The molecule has 7 heteroatoms. The summed E-state index contributed by atoms with van der Waals surface area (Å²) in [6, 6.07) is 11.2. The lowest BCUT2D eigenvalue weighted by Crippen LogP contribution is -2.50. The largest absolute Gasteiger partial charge is 0.386 e. The molecule has 0 saturated carbocycles. The van der Waals surface area contributed by atoms with Gasteiger partial charge in [0.1, 0.15) is 5.71 Å². The van der Waals surface area contributed by atoms with Gasteiger partial charge in [0.05, 0.1) is 11.4 Å². The van der Waals surface area contributed by atoms with E-state index in [-0.39, 0.29) is 11.8 Å². The SMILES string of the molecule is Cc1ccsc1C(=O)N1CCCC2(CC(C(=O)Nc3ccccc3)=NO2)C1. The number of para-hydroxylation sites is 1. The summed E-state index contributed by atoms with van der Waals surface area (Å²) in [5.74, 6) is -0.219. The number of hydrogen-bond acceptors (Lipinski definition) is 5. The van der Waals surface area contributed by atoms with Crippen LogP contribution in [0, 0.1) is 6.92 Å². The third-order valence-corrected chi connectivity index (χ3v) is 6.02. The van der Waals surface area contributed by atoms with E-state index in [4.69, 9.17) is 4.84 Å². The van der Waals surface area contributed by atoms with Gasteiger partial charge >= 0.3 is 0 Å². The van der Waals surface area contributed by atoms with Crippen molar-refractivity contribution in [3.63, 3.8) is 0 Å². The zero-order valence-corrected chi connectivity index (χ0v) is 15.9. The van der Waals surface area contributed by atoms with Gasteiger partial charge in [-0.3, -0.25) is 9.59 Å². The highest BCUT2D eigenvalue weighted by Gasteiger charge is 2.45. The molecule has 1 saturated heterocycles. The van der Waals surface area contributed by atoms with Gasteiger partial charge in [0.15, 0.2) is 5.60 Å². The van der Waals surface area contributed by atoms with Crippen LogP contribution in [0.3, 0.4) is 0 Å². The number of rotatable bonds is 3. The Balaban J connectivity index is 1.42. The lowest BCUT2D eigenvalue weighted by atomic mass is 9.88. The van der Waals surface area contributed by atoms with Gasteiger partial charge in [-0.15, -0.1) is 11.3 Å². The Morgan fingerprint density at radius 2 is 2.07 bits per heavy atom. The average Bonchev–Trinajstić information content (AvgIpc) is 3.29. The van der Waals surface area contributed by atoms with Crippen LogP contribution in [-0.4, -0.2) is 41.1 Å². The van der Waals surface area contributed by atoms with Crippen molar-refractivity contribution in [3.05, 3.63) is 52.2 Å². The van der Waals surface area contributed by atoms with E-state index in [9.17, 15) is 9.59 Å². The van der Waals surface area contributed by atoms with Gasteiger partial charge in [-0.25, -0.2) is 0 Å². The molecule has 2 amide bonds. The second-order valence-corrected chi connectivity index (χ2v) is 7.99. The van der Waals surface area contributed by atoms with Crippen molar-refractivity contribution in [2.45, 2.75) is 31.8 Å². The van der Waals surface area contributed by atoms with Crippen molar-refractivity contribution in [2.75, 3.05) is 18.4 Å². The zero-order valence-electron chi connectivity index (χ0n) is 15.1. The predicted octanol–water partition coefficient (Wildman–Crippen LogP) is 3.45. The van der Waals surface area contributed by atoms with E-state index in [0.29, 0.717) is 25.2 Å². The quantitative estimate of drug-likeness (QED) is 0.882. The number of benzene rings is 1. The lowest BCUT2D eigenvalue weighted by Gasteiger charge is -2.38. The molecule has 0 aliphatic carbocycles. The molecule has 1 aromatic heterocycles. The molecule has 6 nitrogen and oxygen atoms in total. The molecular formula is C20H21N3O3S. The fourth-order valence-electron chi connectivity index (χ4n) is 3.59. The summed E-state index contributed by atoms with van der Waals surface area (Å²) in [4.78, 5) is 33.6. The number of nitrogens with one attached hydrogen (secondary N) is 1. The first-order valence-corrected chi connectivity index (χ1v) is 9.89. The molecule has 1 unspecified atom stereocenters. The average molecular weight is 383 g/mol. The minimum absolute atomic E-state index is 0.0346. The molecule has 140 valence electrons. The van der Waals surface area contributed by atoms with E-state index < -0.39 is 5.60 Å². The van der Waals surface area contributed by atoms with Crippen molar-refractivity contribution in [1.82, 2.24) is 4.90 Å². The number of amides is 2. The standard InChI is InChI=1S/C20H21N3O3S/c1-14-8-11-27-17(14)19(25)23-10-5-9-20(13-23)12-16(22-26-20)18(24)21-15-6-3-2-4-7-15/h2-4,6-8,11H,5,9-10,12-13H2,1H3,(H,21,24). The van der Waals surface area contributed by atoms with Crippen LogP contribution in [-0.2, 0) is 9.63 Å². The van der Waals surface area contributed by atoms with Crippen molar-refractivity contribution < 1.29 is 14.4 Å². The Bertz CT molecular complexity index is 893. The molecule has 0 bridgehead atoms. The van der Waals surface area contributed by atoms with Crippen LogP contribution < -0.4 is 5.32 Å². The molecule has 1 atom stereocenters. The highest BCUT2D eigenvalue weighted by Crippen LogP contribution is 2.34. The number of thiophene rings is 1. The first kappa shape index (κ1) is 17.7. The minimum atomic E-state index is -0.595. The normalized spacial score (nSPS) is 21.7. The van der Waals surface area contributed by atoms with E-state index in [1.165, 1.54) is 11.3 Å². The lowest BCUT2D eigenvalue weighted by molar-refractivity contribution is -0.110. The third-order valence-electron chi connectivity index (χ3n) is 5.02. The molecule has 27 heavy (non-hydrogen) atoms. The molecular weight excluding hydrogens is 362 g/mol. The molecule has 1 N–H and O–H groups in total.